The standard InChI is InChI=1S/C18H25BF3N3O5.C18H28BN3O5.C14H25BN2O5.C13H26BN3O5.C11H22BN3O6.C11H22BN3O5/c20-18(21,22)12-5-3-11(4-6-12)8-14(23)15(26)25-9-13(2-1-7-19(29)30)17(24,10-25)16(27)28;1-21-15(10-13-6-3-2-4-7-13)16(23)22-11-14(8-5-9-19(26)27)18(20,12-22)17(24)25;16-14(13(19)20)9-17(12(18)10-4-1-2-5-10)8-11(14)6-3-7-15(21)22;1-8(2)10(15)11(18)17-6-9(4-3-5-14(21)22)13(16,7-17)12(19)20;13-8(5-16)9(17)15-4-7(2-1-3-12(20)21)11(14,6-15)10(18)19;1-7(13)9(16)15-5-8(3-2-4-12(19)20)11(14,6-15)10(17)18/h3-6,13-14,29-30H,1-2,7-10,23-24H2,(H,27,28);2-4,6-7,14-15,21,26-27H,5,8-12,20H2,1H3,(H,24,25);10-11,21-22H,1-9,16H2,(H,19,20);8-10,21-22H,3-7,15-16H2,1-2H3,(H,19,20);7-8,16,20-21H,1-6,13-14H2,(H,18,19);7-8,19-20H,2-6,13-14H2,1H3,(H,17,18)/t13-,14-,17-;14-,15-,18-;11-,14-;9-,10-,13-;2*7-,8-,11-/m000000/s1. The molecule has 7 aliphatic rings. The Labute approximate surface area is 824 Å². The fraction of sp³-hybridized carbons (Fsp3) is 0.718. The van der Waals surface area contributed by atoms with Gasteiger partial charge in [0.25, 0.3) is 0 Å². The van der Waals surface area contributed by atoms with Crippen LogP contribution in [0, 0.1) is 47.3 Å². The molecule has 142 heavy (non-hydrogen) atoms. The van der Waals surface area contributed by atoms with Crippen molar-refractivity contribution in [3.05, 3.63) is 71.3 Å². The van der Waals surface area contributed by atoms with Crippen molar-refractivity contribution in [2.24, 2.45) is 105 Å². The zero-order chi connectivity index (χ0) is 108. The summed E-state index contributed by atoms with van der Waals surface area (Å²) in [6.45, 7) is 5.28. The Balaban J connectivity index is 0.000000357. The number of likely N-dealkylation sites (N-methyl/N-ethyl adjacent to an activating group) is 1. The lowest BCUT2D eigenvalue weighted by atomic mass is 9.78. The van der Waals surface area contributed by atoms with Gasteiger partial charge in [-0.2, -0.15) is 13.2 Å². The number of carbonyl (C=O) groups excluding carboxylic acids is 6. The number of rotatable bonds is 43. The Morgan fingerprint density at radius 3 is 0.901 bits per heavy atom. The van der Waals surface area contributed by atoms with Crippen LogP contribution in [-0.2, 0) is 76.6 Å². The Bertz CT molecular complexity index is 4340. The highest BCUT2D eigenvalue weighted by Gasteiger charge is 2.58. The first-order valence-corrected chi connectivity index (χ1v) is 47.5. The minimum absolute atomic E-state index is 0.0102. The van der Waals surface area contributed by atoms with Crippen molar-refractivity contribution in [2.45, 2.75) is 244 Å². The van der Waals surface area contributed by atoms with Gasteiger partial charge in [-0.3, -0.25) is 57.5 Å². The number of carbonyl (C=O) groups is 12. The fourth-order valence-corrected chi connectivity index (χ4v) is 18.8. The van der Waals surface area contributed by atoms with Crippen LogP contribution in [0.1, 0.15) is 140 Å². The molecule has 57 heteroatoms. The second-order valence-electron chi connectivity index (χ2n) is 38.9. The van der Waals surface area contributed by atoms with Crippen LogP contribution in [0.3, 0.4) is 0 Å². The van der Waals surface area contributed by atoms with Crippen molar-refractivity contribution in [3.8, 4) is 0 Å². The van der Waals surface area contributed by atoms with Gasteiger partial charge in [0.1, 0.15) is 39.3 Å². The van der Waals surface area contributed by atoms with Gasteiger partial charge < -0.3 is 188 Å². The fourth-order valence-electron chi connectivity index (χ4n) is 18.8. The number of benzene rings is 2. The van der Waals surface area contributed by atoms with Crippen molar-refractivity contribution in [1.82, 2.24) is 34.7 Å². The van der Waals surface area contributed by atoms with E-state index in [0.717, 1.165) is 43.4 Å². The number of hydrogen-bond donors (Lipinski definition) is 30. The van der Waals surface area contributed by atoms with Crippen LogP contribution >= 0.6 is 0 Å². The first kappa shape index (κ1) is 126. The quantitative estimate of drug-likeness (QED) is 0.0274. The maximum Gasteiger partial charge on any atom is 0.451 e. The van der Waals surface area contributed by atoms with E-state index in [-0.39, 0.29) is 164 Å². The van der Waals surface area contributed by atoms with E-state index in [4.69, 9.17) is 123 Å². The number of amides is 6. The molecule has 7 fully saturated rings. The molecular formula is C85H148B6F3N17O31. The number of carboxylic acids is 6. The maximum absolute atomic E-state index is 13.0. The van der Waals surface area contributed by atoms with Crippen molar-refractivity contribution < 1.29 is 167 Å². The van der Waals surface area contributed by atoms with Crippen LogP contribution in [0.15, 0.2) is 54.6 Å². The molecular weight excluding hydrogens is 1880 g/mol. The minimum atomic E-state index is -4.46. The number of hydrogen-bond acceptors (Lipinski definition) is 36. The summed E-state index contributed by atoms with van der Waals surface area (Å²) >= 11 is 0. The molecule has 17 atom stereocenters. The zero-order valence-electron chi connectivity index (χ0n) is 80.8. The van der Waals surface area contributed by atoms with Gasteiger partial charge in [0.2, 0.25) is 35.4 Å². The Hall–Kier alpha value is -8.70. The number of carboxylic acid groups (broad SMARTS) is 6. The highest BCUT2D eigenvalue weighted by atomic mass is 19.4. The predicted octanol–water partition coefficient (Wildman–Crippen LogP) is -7.86. The van der Waals surface area contributed by atoms with E-state index in [0.29, 0.717) is 89.2 Å². The lowest BCUT2D eigenvalue weighted by Gasteiger charge is -2.26. The number of nitrogens with one attached hydrogen (secondary N) is 1. The average Bonchev–Trinajstić information content (AvgIpc) is 1.68. The molecule has 6 saturated heterocycles. The number of nitrogens with two attached hydrogens (primary N) is 10. The van der Waals surface area contributed by atoms with Gasteiger partial charge in [0.05, 0.1) is 36.3 Å². The van der Waals surface area contributed by atoms with Crippen LogP contribution in [0.2, 0.25) is 37.9 Å². The summed E-state index contributed by atoms with van der Waals surface area (Å²) in [6, 6.07) is 9.87. The van der Waals surface area contributed by atoms with E-state index in [2.05, 4.69) is 5.32 Å². The molecule has 6 aliphatic heterocycles. The van der Waals surface area contributed by atoms with Crippen molar-refractivity contribution in [1.29, 1.82) is 0 Å². The summed E-state index contributed by atoms with van der Waals surface area (Å²) in [7, 11) is -6.94. The van der Waals surface area contributed by atoms with Crippen LogP contribution in [0.25, 0.3) is 0 Å². The molecule has 6 amide bonds. The molecule has 9 rings (SSSR count). The lowest BCUT2D eigenvalue weighted by Crippen LogP contribution is -2.55. The molecule has 2 aromatic carbocycles. The van der Waals surface area contributed by atoms with E-state index in [1.54, 1.807) is 11.9 Å². The van der Waals surface area contributed by atoms with Crippen molar-refractivity contribution >= 4 is 114 Å². The minimum Gasteiger partial charge on any atom is -0.480 e. The van der Waals surface area contributed by atoms with Gasteiger partial charge in [-0.1, -0.05) is 108 Å². The maximum atomic E-state index is 13.0. The summed E-state index contributed by atoms with van der Waals surface area (Å²) in [6.07, 6.45) is 5.40. The molecule has 2 aromatic rings. The Kier molecular flexibility index (Phi) is 50.3. The molecule has 6 heterocycles. The number of aliphatic hydroxyl groups excluding tert-OH is 1. The third-order valence-corrected chi connectivity index (χ3v) is 27.7. The van der Waals surface area contributed by atoms with E-state index in [1.165, 1.54) is 43.6 Å². The van der Waals surface area contributed by atoms with Crippen LogP contribution < -0.4 is 62.7 Å². The second-order valence-corrected chi connectivity index (χ2v) is 38.9. The van der Waals surface area contributed by atoms with E-state index in [1.807, 2.05) is 44.2 Å². The third-order valence-electron chi connectivity index (χ3n) is 27.7. The number of halogens is 3. The number of alkyl halides is 3. The summed E-state index contributed by atoms with van der Waals surface area (Å²) in [5.41, 5.74) is 50.2. The normalized spacial score (nSPS) is 25.6. The molecule has 48 nitrogen and oxygen atoms in total. The SMILES string of the molecule is CC(C)[C@H](N)C(=O)N1C[C@H](CCCB(O)O)[C@](N)(C(=O)O)C1.CN[C@@H](Cc1ccccc1)C(=O)N1C[C@H](CCCB(O)O)[C@](N)(C(=O)O)C1.C[C@H](N)C(=O)N1C[C@H](CCCB(O)O)[C@](N)(C(=O)O)C1.N[C@@H](CO)C(=O)N1C[C@H](CCCB(O)O)[C@](N)(C(=O)O)C1.N[C@@H](Cc1ccc(C(F)(F)F)cc1)C(=O)N1C[C@H](CCCB(O)O)[C@](N)(C(=O)O)C1.N[C@@]1(C(=O)O)CN(C(=O)C2CCCC2)C[C@@H]1CCCB(O)O. The van der Waals surface area contributed by atoms with Gasteiger partial charge in [-0.25, -0.2) is 0 Å². The number of likely N-dealkylation sites (tertiary alicyclic amines) is 6. The molecule has 0 aromatic heterocycles. The smallest absolute Gasteiger partial charge is 0.451 e. The van der Waals surface area contributed by atoms with Crippen molar-refractivity contribution in [3.63, 3.8) is 0 Å². The number of aliphatic carboxylic acids is 6. The number of aliphatic hydroxyl groups is 1. The highest BCUT2D eigenvalue weighted by molar-refractivity contribution is 6.42. The van der Waals surface area contributed by atoms with Crippen LogP contribution in [0.4, 0.5) is 13.2 Å². The summed E-state index contributed by atoms with van der Waals surface area (Å²) < 4.78 is 37.9. The van der Waals surface area contributed by atoms with E-state index >= 15 is 0 Å². The molecule has 40 N–H and O–H groups in total. The Morgan fingerprint density at radius 2 is 0.641 bits per heavy atom. The van der Waals surface area contributed by atoms with Crippen LogP contribution in [-0.4, -0.2) is 395 Å². The topological polar surface area (TPSA) is 881 Å². The molecule has 0 bridgehead atoms. The predicted molar refractivity (Wildman–Crippen MR) is 513 cm³/mol. The Morgan fingerprint density at radius 1 is 0.380 bits per heavy atom. The molecule has 798 valence electrons. The van der Waals surface area contributed by atoms with Crippen molar-refractivity contribution in [2.75, 3.05) is 92.2 Å². The zero-order valence-corrected chi connectivity index (χ0v) is 80.8. The lowest BCUT2D eigenvalue weighted by molar-refractivity contribution is -0.145. The average molecular weight is 2030 g/mol. The van der Waals surface area contributed by atoms with Crippen LogP contribution in [0.5, 0.6) is 0 Å². The summed E-state index contributed by atoms with van der Waals surface area (Å²) in [5, 5.41) is 175. The highest BCUT2D eigenvalue weighted by Crippen LogP contribution is 2.40. The van der Waals surface area contributed by atoms with Gasteiger partial charge in [-0.05, 0) is 145 Å². The third kappa shape index (κ3) is 36.2. The first-order valence-electron chi connectivity index (χ1n) is 47.5. The molecule has 0 spiro atoms. The molecule has 0 unspecified atom stereocenters. The van der Waals surface area contributed by atoms with E-state index < -0.39 is 202 Å². The molecule has 1 saturated carbocycles. The molecule has 0 radical (unpaired) electrons. The molecule has 1 aliphatic carbocycles. The van der Waals surface area contributed by atoms with Gasteiger partial charge in [-0.15, -0.1) is 0 Å². The first-order chi connectivity index (χ1) is 65.9. The largest absolute Gasteiger partial charge is 0.480 e. The van der Waals surface area contributed by atoms with Gasteiger partial charge in [0.15, 0.2) is 0 Å². The summed E-state index contributed by atoms with van der Waals surface area (Å²) in [5.74, 6) is -11.7. The van der Waals surface area contributed by atoms with Gasteiger partial charge in [0, 0.05) is 120 Å². The second kappa shape index (κ2) is 56.8. The van der Waals surface area contributed by atoms with Gasteiger partial charge >= 0.3 is 84.7 Å². The summed E-state index contributed by atoms with van der Waals surface area (Å²) in [4.78, 5) is 152. The monoisotopic (exact) mass is 2030 g/mol. The van der Waals surface area contributed by atoms with E-state index in [9.17, 15) is 101 Å². The number of nitrogens with zero attached hydrogens (tertiary/aromatic N) is 6.